The number of rotatable bonds is 5. The topological polar surface area (TPSA) is 58.6 Å². The molecule has 2 amide bonds. The summed E-state index contributed by atoms with van der Waals surface area (Å²) in [4.78, 5) is 26.1. The van der Waals surface area contributed by atoms with Crippen LogP contribution in [-0.2, 0) is 16.1 Å². The summed E-state index contributed by atoms with van der Waals surface area (Å²) < 4.78 is 5.52. The van der Waals surface area contributed by atoms with Gasteiger partial charge in [-0.05, 0) is 41.8 Å². The lowest BCUT2D eigenvalue weighted by molar-refractivity contribution is -0.121. The molecule has 0 unspecified atom stereocenters. The molecule has 6 heteroatoms. The third kappa shape index (κ3) is 4.35. The Kier molecular flexibility index (Phi) is 5.47. The van der Waals surface area contributed by atoms with E-state index in [0.717, 1.165) is 5.56 Å². The summed E-state index contributed by atoms with van der Waals surface area (Å²) in [5, 5.41) is 3.53. The number of hydrogen-bond donors (Lipinski definition) is 1. The van der Waals surface area contributed by atoms with E-state index >= 15 is 0 Å². The van der Waals surface area contributed by atoms with E-state index < -0.39 is 0 Å². The number of nitrogens with zero attached hydrogens (tertiary/aromatic N) is 1. The number of hydrogen-bond acceptors (Lipinski definition) is 3. The van der Waals surface area contributed by atoms with E-state index in [2.05, 4.69) is 5.32 Å². The van der Waals surface area contributed by atoms with Gasteiger partial charge in [0.1, 0.15) is 5.75 Å². The first-order valence-corrected chi connectivity index (χ1v) is 8.91. The molecule has 26 heavy (non-hydrogen) atoms. The largest absolute Gasteiger partial charge is 0.482 e. The van der Waals surface area contributed by atoms with Gasteiger partial charge in [-0.3, -0.25) is 9.59 Å². The van der Waals surface area contributed by atoms with Gasteiger partial charge >= 0.3 is 0 Å². The third-order valence-corrected chi connectivity index (χ3v) is 4.29. The fraction of sp³-hybridized carbons (Fsp3) is 0.300. The van der Waals surface area contributed by atoms with Crippen molar-refractivity contribution in [3.63, 3.8) is 0 Å². The Morgan fingerprint density at radius 3 is 2.65 bits per heavy atom. The molecule has 0 saturated carbocycles. The highest BCUT2D eigenvalue weighted by atomic mass is 35.5. The lowest BCUT2D eigenvalue weighted by Gasteiger charge is -2.30. The number of nitrogens with one attached hydrogen (secondary N) is 1. The lowest BCUT2D eigenvalue weighted by atomic mass is 10.1. The van der Waals surface area contributed by atoms with Crippen molar-refractivity contribution in [1.29, 1.82) is 0 Å². The zero-order valence-electron chi connectivity index (χ0n) is 14.8. The van der Waals surface area contributed by atoms with Gasteiger partial charge in [-0.25, -0.2) is 0 Å². The molecular weight excluding hydrogens is 352 g/mol. The molecule has 1 N–H and O–H groups in total. The molecule has 2 aromatic rings. The number of benzene rings is 2. The molecule has 1 heterocycles. The highest BCUT2D eigenvalue weighted by Gasteiger charge is 2.26. The molecule has 0 saturated heterocycles. The van der Waals surface area contributed by atoms with Crippen LogP contribution in [0.3, 0.4) is 0 Å². The van der Waals surface area contributed by atoms with Crippen LogP contribution in [0.1, 0.15) is 25.8 Å². The minimum Gasteiger partial charge on any atom is -0.482 e. The Morgan fingerprint density at radius 1 is 1.23 bits per heavy atom. The summed E-state index contributed by atoms with van der Waals surface area (Å²) in [6.07, 6.45) is 0.445. The minimum absolute atomic E-state index is 0.000352. The summed E-state index contributed by atoms with van der Waals surface area (Å²) in [5.41, 5.74) is 2.26. The zero-order valence-corrected chi connectivity index (χ0v) is 15.5. The number of halogens is 1. The SMILES string of the molecule is CC(C)CC(=O)Nc1ccc2c(c1)N(Cc1ccc(Cl)cc1)C(=O)CO2. The molecule has 0 aromatic heterocycles. The number of anilines is 2. The van der Waals surface area contributed by atoms with E-state index in [1.165, 1.54) is 0 Å². The number of amides is 2. The molecule has 3 rings (SSSR count). The van der Waals surface area contributed by atoms with E-state index in [1.807, 2.05) is 26.0 Å². The first kappa shape index (κ1) is 18.3. The second-order valence-corrected chi connectivity index (χ2v) is 7.16. The van der Waals surface area contributed by atoms with Crippen molar-refractivity contribution < 1.29 is 14.3 Å². The second-order valence-electron chi connectivity index (χ2n) is 6.72. The van der Waals surface area contributed by atoms with Gasteiger partial charge in [0, 0.05) is 17.1 Å². The molecule has 136 valence electrons. The van der Waals surface area contributed by atoms with Crippen molar-refractivity contribution in [3.8, 4) is 5.75 Å². The van der Waals surface area contributed by atoms with Crippen LogP contribution in [0, 0.1) is 5.92 Å². The molecule has 0 spiro atoms. The lowest BCUT2D eigenvalue weighted by Crippen LogP contribution is -2.38. The normalized spacial score (nSPS) is 13.4. The van der Waals surface area contributed by atoms with Crippen LogP contribution in [0.4, 0.5) is 11.4 Å². The van der Waals surface area contributed by atoms with Gasteiger partial charge in [0.2, 0.25) is 5.91 Å². The van der Waals surface area contributed by atoms with Crippen LogP contribution in [-0.4, -0.2) is 18.4 Å². The number of ether oxygens (including phenoxy) is 1. The maximum absolute atomic E-state index is 12.4. The fourth-order valence-electron chi connectivity index (χ4n) is 2.81. The molecule has 2 aromatic carbocycles. The molecule has 5 nitrogen and oxygen atoms in total. The number of carbonyl (C=O) groups excluding carboxylic acids is 2. The summed E-state index contributed by atoms with van der Waals surface area (Å²) in [6.45, 7) is 4.40. The Bertz CT molecular complexity index is 818. The summed E-state index contributed by atoms with van der Waals surface area (Å²) in [7, 11) is 0. The maximum Gasteiger partial charge on any atom is 0.265 e. The van der Waals surface area contributed by atoms with Gasteiger partial charge in [0.15, 0.2) is 6.61 Å². The number of fused-ring (bicyclic) bond motifs is 1. The number of carbonyl (C=O) groups is 2. The second kappa shape index (κ2) is 7.79. The van der Waals surface area contributed by atoms with Crippen molar-refractivity contribution in [3.05, 3.63) is 53.1 Å². The molecule has 0 aliphatic carbocycles. The van der Waals surface area contributed by atoms with Crippen molar-refractivity contribution in [2.75, 3.05) is 16.8 Å². The van der Waals surface area contributed by atoms with Crippen molar-refractivity contribution >= 4 is 34.8 Å². The smallest absolute Gasteiger partial charge is 0.265 e. The monoisotopic (exact) mass is 372 g/mol. The summed E-state index contributed by atoms with van der Waals surface area (Å²) in [6, 6.07) is 12.7. The van der Waals surface area contributed by atoms with Crippen LogP contribution in [0.25, 0.3) is 0 Å². The predicted octanol–water partition coefficient (Wildman–Crippen LogP) is 4.25. The molecule has 0 radical (unpaired) electrons. The van der Waals surface area contributed by atoms with E-state index in [9.17, 15) is 9.59 Å². The van der Waals surface area contributed by atoms with Crippen molar-refractivity contribution in [1.82, 2.24) is 0 Å². The van der Waals surface area contributed by atoms with Gasteiger partial charge in [0.25, 0.3) is 5.91 Å². The van der Waals surface area contributed by atoms with Gasteiger partial charge < -0.3 is 15.0 Å². The maximum atomic E-state index is 12.4. The fourth-order valence-corrected chi connectivity index (χ4v) is 2.93. The van der Waals surface area contributed by atoms with Crippen LogP contribution in [0.5, 0.6) is 5.75 Å². The molecular formula is C20H21ClN2O3. The van der Waals surface area contributed by atoms with Crippen LogP contribution in [0.15, 0.2) is 42.5 Å². The van der Waals surface area contributed by atoms with Crippen molar-refractivity contribution in [2.45, 2.75) is 26.8 Å². The van der Waals surface area contributed by atoms with E-state index in [1.54, 1.807) is 35.2 Å². The Morgan fingerprint density at radius 2 is 1.96 bits per heavy atom. The Balaban J connectivity index is 1.84. The summed E-state index contributed by atoms with van der Waals surface area (Å²) >= 11 is 5.93. The molecule has 0 atom stereocenters. The summed E-state index contributed by atoms with van der Waals surface area (Å²) in [5.74, 6) is 0.727. The first-order chi connectivity index (χ1) is 12.4. The van der Waals surface area contributed by atoms with Gasteiger partial charge in [0.05, 0.1) is 12.2 Å². The third-order valence-electron chi connectivity index (χ3n) is 4.03. The van der Waals surface area contributed by atoms with E-state index in [4.69, 9.17) is 16.3 Å². The Hall–Kier alpha value is -2.53. The van der Waals surface area contributed by atoms with Crippen LogP contribution >= 0.6 is 11.6 Å². The van der Waals surface area contributed by atoms with Crippen LogP contribution < -0.4 is 15.0 Å². The molecule has 0 fully saturated rings. The average Bonchev–Trinajstić information content (AvgIpc) is 2.58. The van der Waals surface area contributed by atoms with Gasteiger partial charge in [-0.1, -0.05) is 37.6 Å². The van der Waals surface area contributed by atoms with Crippen molar-refractivity contribution in [2.24, 2.45) is 5.92 Å². The van der Waals surface area contributed by atoms with E-state index in [0.29, 0.717) is 35.1 Å². The average molecular weight is 373 g/mol. The standard InChI is InChI=1S/C20H21ClN2O3/c1-13(2)9-19(24)22-16-7-8-18-17(10-16)23(20(25)12-26-18)11-14-3-5-15(21)6-4-14/h3-8,10,13H,9,11-12H2,1-2H3,(H,22,24). The molecule has 1 aliphatic rings. The van der Waals surface area contributed by atoms with Crippen LogP contribution in [0.2, 0.25) is 5.02 Å². The quantitative estimate of drug-likeness (QED) is 0.853. The zero-order chi connectivity index (χ0) is 18.7. The Labute approximate surface area is 157 Å². The highest BCUT2D eigenvalue weighted by Crippen LogP contribution is 2.35. The first-order valence-electron chi connectivity index (χ1n) is 8.54. The van der Waals surface area contributed by atoms with E-state index in [-0.39, 0.29) is 24.3 Å². The minimum atomic E-state index is -0.127. The molecule has 0 bridgehead atoms. The predicted molar refractivity (Wildman–Crippen MR) is 103 cm³/mol. The van der Waals surface area contributed by atoms with Gasteiger partial charge in [-0.2, -0.15) is 0 Å². The highest BCUT2D eigenvalue weighted by molar-refractivity contribution is 6.30. The molecule has 1 aliphatic heterocycles. The van der Waals surface area contributed by atoms with Gasteiger partial charge in [-0.15, -0.1) is 0 Å².